The highest BCUT2D eigenvalue weighted by Crippen LogP contribution is 1.84. The lowest BCUT2D eigenvalue weighted by Crippen LogP contribution is -2.12. The van der Waals surface area contributed by atoms with Gasteiger partial charge in [0.05, 0.1) is 12.3 Å². The van der Waals surface area contributed by atoms with Crippen LogP contribution in [0.25, 0.3) is 0 Å². The van der Waals surface area contributed by atoms with Gasteiger partial charge in [-0.1, -0.05) is 0 Å². The molecule has 1 aromatic rings. The fraction of sp³-hybridized carbons (Fsp3) is 0. The number of hydrogen-bond acceptors (Lipinski definition) is 4. The van der Waals surface area contributed by atoms with Gasteiger partial charge in [0.1, 0.15) is 0 Å². The predicted octanol–water partition coefficient (Wildman–Crippen LogP) is -0.448. The smallest absolute Gasteiger partial charge is 0.268 e. The number of amides is 1. The third kappa shape index (κ3) is 3.90. The number of hydrogen-bond donors (Lipinski definition) is 1. The molecular weight excluding hydrogens is 196 g/mol. The Balaban J connectivity index is 0.000000151. The molecule has 6 heteroatoms. The number of aromatic amines is 1. The van der Waals surface area contributed by atoms with Crippen LogP contribution in [0, 0.1) is 0 Å². The molecule has 1 aromatic heterocycles. The summed E-state index contributed by atoms with van der Waals surface area (Å²) in [4.78, 5) is 20.6. The SMILES string of the molecule is C=[N+]1N=CC=CC1=O.O=c1cccn[nH]1. The Morgan fingerprint density at radius 3 is 2.53 bits per heavy atom. The summed E-state index contributed by atoms with van der Waals surface area (Å²) < 4.78 is 1.03. The van der Waals surface area contributed by atoms with Gasteiger partial charge in [-0.15, -0.1) is 0 Å². The molecule has 0 spiro atoms. The molecule has 0 radical (unpaired) electrons. The Bertz CT molecular complexity index is 434. The van der Waals surface area contributed by atoms with Crippen LogP contribution in [0.15, 0.2) is 40.4 Å². The lowest BCUT2D eigenvalue weighted by atomic mass is 10.5. The van der Waals surface area contributed by atoms with Crippen molar-refractivity contribution >= 4 is 18.8 Å². The summed E-state index contributed by atoms with van der Waals surface area (Å²) in [7, 11) is 0. The quantitative estimate of drug-likeness (QED) is 0.583. The number of rotatable bonds is 0. The molecule has 1 aliphatic rings. The Hall–Kier alpha value is -2.37. The van der Waals surface area contributed by atoms with Gasteiger partial charge in [0, 0.05) is 17.4 Å². The van der Waals surface area contributed by atoms with Crippen LogP contribution in [-0.2, 0) is 4.79 Å². The molecule has 0 aromatic carbocycles. The average molecular weight is 205 g/mol. The molecule has 0 atom stereocenters. The van der Waals surface area contributed by atoms with Crippen molar-refractivity contribution in [3.63, 3.8) is 0 Å². The van der Waals surface area contributed by atoms with Gasteiger partial charge >= 0.3 is 5.91 Å². The molecule has 2 heterocycles. The van der Waals surface area contributed by atoms with Crippen molar-refractivity contribution in [2.75, 3.05) is 0 Å². The standard InChI is InChI=1S/C5H5N2O.C4H4N2O/c1-7-5(8)3-2-4-6-7;7-4-2-1-3-5-6-4/h2-4H,1H2;1-3H,(H,6,7)/q+1;. The van der Waals surface area contributed by atoms with Crippen LogP contribution in [0.5, 0.6) is 0 Å². The number of carbonyl (C=O) groups excluding carboxylic acids is 1. The molecule has 0 fully saturated rings. The van der Waals surface area contributed by atoms with Crippen LogP contribution in [0.3, 0.4) is 0 Å². The lowest BCUT2D eigenvalue weighted by Gasteiger charge is -1.85. The molecule has 6 nitrogen and oxygen atoms in total. The Morgan fingerprint density at radius 1 is 1.40 bits per heavy atom. The lowest BCUT2D eigenvalue weighted by molar-refractivity contribution is -0.440. The number of nitrogens with zero attached hydrogens (tertiary/aromatic N) is 3. The van der Waals surface area contributed by atoms with E-state index in [1.54, 1.807) is 12.1 Å². The summed E-state index contributed by atoms with van der Waals surface area (Å²) in [6.07, 6.45) is 6.00. The maximum Gasteiger partial charge on any atom is 0.441 e. The maximum atomic E-state index is 10.5. The van der Waals surface area contributed by atoms with E-state index in [9.17, 15) is 9.59 Å². The van der Waals surface area contributed by atoms with Crippen LogP contribution < -0.4 is 5.56 Å². The summed E-state index contributed by atoms with van der Waals surface area (Å²) in [5.74, 6) is -0.187. The van der Waals surface area contributed by atoms with Gasteiger partial charge in [0.2, 0.25) is 0 Å². The fourth-order valence-corrected chi connectivity index (χ4v) is 0.699. The summed E-state index contributed by atoms with van der Waals surface area (Å²) in [6, 6.07) is 2.99. The zero-order valence-corrected chi connectivity index (χ0v) is 7.83. The molecule has 0 saturated carbocycles. The zero-order chi connectivity index (χ0) is 11.1. The number of hydrazone groups is 1. The summed E-state index contributed by atoms with van der Waals surface area (Å²) in [6.45, 7) is 3.31. The number of aromatic nitrogens is 2. The maximum absolute atomic E-state index is 10.5. The number of allylic oxidation sites excluding steroid dienone is 1. The molecule has 1 aliphatic heterocycles. The van der Waals surface area contributed by atoms with Crippen molar-refractivity contribution in [1.82, 2.24) is 10.2 Å². The second-order valence-corrected chi connectivity index (χ2v) is 2.47. The van der Waals surface area contributed by atoms with E-state index in [1.165, 1.54) is 24.6 Å². The van der Waals surface area contributed by atoms with Gasteiger partial charge < -0.3 is 0 Å². The highest BCUT2D eigenvalue weighted by Gasteiger charge is 2.10. The van der Waals surface area contributed by atoms with Gasteiger partial charge in [-0.25, -0.2) is 9.89 Å². The summed E-state index contributed by atoms with van der Waals surface area (Å²) >= 11 is 0. The first-order valence-corrected chi connectivity index (χ1v) is 4.05. The van der Waals surface area contributed by atoms with E-state index < -0.39 is 0 Å². The van der Waals surface area contributed by atoms with E-state index in [1.807, 2.05) is 0 Å². The highest BCUT2D eigenvalue weighted by atomic mass is 16.2. The van der Waals surface area contributed by atoms with Crippen molar-refractivity contribution in [3.8, 4) is 0 Å². The van der Waals surface area contributed by atoms with Gasteiger partial charge in [0.25, 0.3) is 5.56 Å². The molecule has 76 valence electrons. The minimum Gasteiger partial charge on any atom is -0.268 e. The third-order valence-electron chi connectivity index (χ3n) is 1.37. The van der Waals surface area contributed by atoms with Crippen molar-refractivity contribution in [2.24, 2.45) is 5.10 Å². The van der Waals surface area contributed by atoms with Crippen LogP contribution in [0.1, 0.15) is 0 Å². The van der Waals surface area contributed by atoms with Crippen LogP contribution in [-0.4, -0.2) is 33.7 Å². The van der Waals surface area contributed by atoms with Crippen molar-refractivity contribution in [3.05, 3.63) is 40.8 Å². The van der Waals surface area contributed by atoms with E-state index in [0.29, 0.717) is 0 Å². The molecule has 1 amide bonds. The van der Waals surface area contributed by atoms with E-state index in [0.717, 1.165) is 4.68 Å². The second-order valence-electron chi connectivity index (χ2n) is 2.47. The molecule has 15 heavy (non-hydrogen) atoms. The van der Waals surface area contributed by atoms with E-state index in [2.05, 4.69) is 22.0 Å². The topological polar surface area (TPSA) is 78.2 Å². The van der Waals surface area contributed by atoms with Crippen LogP contribution >= 0.6 is 0 Å². The number of nitrogens with one attached hydrogen (secondary N) is 1. The highest BCUT2D eigenvalue weighted by molar-refractivity contribution is 5.89. The Morgan fingerprint density at radius 2 is 2.20 bits per heavy atom. The first-order valence-electron chi connectivity index (χ1n) is 4.05. The van der Waals surface area contributed by atoms with Gasteiger partial charge in [-0.3, -0.25) is 4.79 Å². The fourth-order valence-electron chi connectivity index (χ4n) is 0.699. The largest absolute Gasteiger partial charge is 0.441 e. The zero-order valence-electron chi connectivity index (χ0n) is 7.83. The molecule has 2 rings (SSSR count). The average Bonchev–Trinajstić information content (AvgIpc) is 2.25. The molecule has 0 aliphatic carbocycles. The summed E-state index contributed by atoms with van der Waals surface area (Å²) in [5.41, 5.74) is -0.164. The molecule has 1 N–H and O–H groups in total. The first kappa shape index (κ1) is 10.7. The van der Waals surface area contributed by atoms with Crippen molar-refractivity contribution in [2.45, 2.75) is 0 Å². The van der Waals surface area contributed by atoms with Crippen molar-refractivity contribution < 1.29 is 9.48 Å². The second kappa shape index (κ2) is 5.38. The van der Waals surface area contributed by atoms with E-state index >= 15 is 0 Å². The Kier molecular flexibility index (Phi) is 3.84. The number of H-pyrrole nitrogens is 1. The van der Waals surface area contributed by atoms with E-state index in [-0.39, 0.29) is 11.5 Å². The van der Waals surface area contributed by atoms with Crippen LogP contribution in [0.4, 0.5) is 0 Å². The molecule has 0 saturated heterocycles. The number of carbonyl (C=O) groups is 1. The molecular formula is C9H9N4O2+. The van der Waals surface area contributed by atoms with Gasteiger partial charge in [-0.2, -0.15) is 5.10 Å². The van der Waals surface area contributed by atoms with Crippen molar-refractivity contribution in [1.29, 1.82) is 0 Å². The van der Waals surface area contributed by atoms with Gasteiger partial charge in [0.15, 0.2) is 6.72 Å². The monoisotopic (exact) mass is 205 g/mol. The third-order valence-corrected chi connectivity index (χ3v) is 1.37. The first-order chi connectivity index (χ1) is 7.20. The van der Waals surface area contributed by atoms with E-state index in [4.69, 9.17) is 0 Å². The minimum atomic E-state index is -0.187. The minimum absolute atomic E-state index is 0.164. The van der Waals surface area contributed by atoms with Crippen LogP contribution in [0.2, 0.25) is 0 Å². The normalized spacial score (nSPS) is 13.3. The summed E-state index contributed by atoms with van der Waals surface area (Å²) in [5, 5.41) is 9.24. The Labute approximate surface area is 85.3 Å². The predicted molar refractivity (Wildman–Crippen MR) is 54.9 cm³/mol. The molecule has 0 unspecified atom stereocenters. The van der Waals surface area contributed by atoms with Gasteiger partial charge in [-0.05, 0) is 16.8 Å². The molecule has 0 bridgehead atoms.